The van der Waals surface area contributed by atoms with Gasteiger partial charge >= 0.3 is 0 Å². The van der Waals surface area contributed by atoms with Crippen LogP contribution < -0.4 is 5.73 Å². The molecule has 0 aromatic rings. The molecule has 0 fully saturated rings. The summed E-state index contributed by atoms with van der Waals surface area (Å²) in [7, 11) is 0. The molecule has 0 spiro atoms. The third-order valence-electron chi connectivity index (χ3n) is 1.11. The van der Waals surface area contributed by atoms with Gasteiger partial charge in [-0.15, -0.1) is 0 Å². The van der Waals surface area contributed by atoms with Crippen molar-refractivity contribution in [2.75, 3.05) is 13.2 Å². The van der Waals surface area contributed by atoms with Gasteiger partial charge < -0.3 is 9.47 Å². The Morgan fingerprint density at radius 2 is 2.00 bits per heavy atom. The molecule has 3 nitrogen and oxygen atoms in total. The first-order valence-corrected chi connectivity index (χ1v) is 3.80. The predicted molar refractivity (Wildman–Crippen MR) is 40.5 cm³/mol. The van der Waals surface area contributed by atoms with Gasteiger partial charge in [0.15, 0.2) is 0 Å². The van der Waals surface area contributed by atoms with Gasteiger partial charge in [0.25, 0.3) is 0 Å². The Hall–Kier alpha value is -0.120. The molecule has 0 bridgehead atoms. The number of nitrogens with two attached hydrogens (primary N) is 1. The summed E-state index contributed by atoms with van der Waals surface area (Å²) in [5.41, 5.74) is 5.38. The molecule has 1 unspecified atom stereocenters. The van der Waals surface area contributed by atoms with Gasteiger partial charge in [-0.1, -0.05) is 13.3 Å². The van der Waals surface area contributed by atoms with E-state index in [9.17, 15) is 0 Å². The smallest absolute Gasteiger partial charge is 0.213 e. The lowest BCUT2D eigenvalue weighted by atomic mass is 10.4. The first kappa shape index (κ1) is 9.88. The van der Waals surface area contributed by atoms with Crippen LogP contribution in [0.5, 0.6) is 0 Å². The standard InChI is InChI=1S/C7H17NO2/c1-3-5-6-10-7(8)9-4-2/h7H,3-6,8H2,1-2H3. The number of hydrogen-bond donors (Lipinski definition) is 1. The van der Waals surface area contributed by atoms with Crippen LogP contribution >= 0.6 is 0 Å². The molecule has 0 saturated carbocycles. The fraction of sp³-hybridized carbons (Fsp3) is 1.00. The van der Waals surface area contributed by atoms with Crippen molar-refractivity contribution in [3.05, 3.63) is 0 Å². The van der Waals surface area contributed by atoms with E-state index < -0.39 is 6.41 Å². The van der Waals surface area contributed by atoms with Crippen LogP contribution in [0.3, 0.4) is 0 Å². The largest absolute Gasteiger partial charge is 0.340 e. The average molecular weight is 147 g/mol. The Kier molecular flexibility index (Phi) is 6.91. The van der Waals surface area contributed by atoms with Crippen molar-refractivity contribution >= 4 is 0 Å². The summed E-state index contributed by atoms with van der Waals surface area (Å²) >= 11 is 0. The molecular formula is C7H17NO2. The minimum atomic E-state index is -0.531. The van der Waals surface area contributed by atoms with Crippen molar-refractivity contribution in [1.29, 1.82) is 0 Å². The van der Waals surface area contributed by atoms with Gasteiger partial charge in [0.2, 0.25) is 6.41 Å². The van der Waals surface area contributed by atoms with E-state index in [0.717, 1.165) is 12.8 Å². The Morgan fingerprint density at radius 1 is 1.30 bits per heavy atom. The van der Waals surface area contributed by atoms with E-state index in [4.69, 9.17) is 15.2 Å². The SMILES string of the molecule is CCCCOC(N)OCC. The van der Waals surface area contributed by atoms with Crippen LogP contribution in [-0.2, 0) is 9.47 Å². The molecule has 0 amide bonds. The summed E-state index contributed by atoms with van der Waals surface area (Å²) in [5.74, 6) is 0. The van der Waals surface area contributed by atoms with E-state index in [2.05, 4.69) is 6.92 Å². The van der Waals surface area contributed by atoms with Gasteiger partial charge in [0.1, 0.15) is 0 Å². The van der Waals surface area contributed by atoms with Gasteiger partial charge in [0, 0.05) is 6.61 Å². The van der Waals surface area contributed by atoms with Gasteiger partial charge in [-0.3, -0.25) is 5.73 Å². The fourth-order valence-corrected chi connectivity index (χ4v) is 0.556. The zero-order chi connectivity index (χ0) is 7.82. The third-order valence-corrected chi connectivity index (χ3v) is 1.11. The Morgan fingerprint density at radius 3 is 2.50 bits per heavy atom. The van der Waals surface area contributed by atoms with Crippen LogP contribution in [0.1, 0.15) is 26.7 Å². The van der Waals surface area contributed by atoms with Crippen LogP contribution in [0.15, 0.2) is 0 Å². The van der Waals surface area contributed by atoms with Crippen molar-refractivity contribution in [2.45, 2.75) is 33.1 Å². The summed E-state index contributed by atoms with van der Waals surface area (Å²) in [6, 6.07) is 0. The van der Waals surface area contributed by atoms with Gasteiger partial charge in [-0.25, -0.2) is 0 Å². The highest BCUT2D eigenvalue weighted by molar-refractivity contribution is 4.32. The van der Waals surface area contributed by atoms with Gasteiger partial charge in [-0.05, 0) is 13.3 Å². The molecule has 0 aromatic carbocycles. The van der Waals surface area contributed by atoms with E-state index in [1.807, 2.05) is 6.92 Å². The number of ether oxygens (including phenoxy) is 2. The monoisotopic (exact) mass is 147 g/mol. The van der Waals surface area contributed by atoms with Crippen LogP contribution in [0.25, 0.3) is 0 Å². The van der Waals surface area contributed by atoms with Gasteiger partial charge in [0.05, 0.1) is 6.61 Å². The number of hydrogen-bond acceptors (Lipinski definition) is 3. The molecular weight excluding hydrogens is 130 g/mol. The number of unbranched alkanes of at least 4 members (excludes halogenated alkanes) is 1. The molecule has 0 aliphatic heterocycles. The summed E-state index contributed by atoms with van der Waals surface area (Å²) in [6.45, 7) is 5.30. The van der Waals surface area contributed by atoms with Crippen molar-refractivity contribution in [3.63, 3.8) is 0 Å². The molecule has 62 valence electrons. The minimum absolute atomic E-state index is 0.531. The molecule has 3 heteroatoms. The maximum Gasteiger partial charge on any atom is 0.213 e. The fourth-order valence-electron chi connectivity index (χ4n) is 0.556. The lowest BCUT2D eigenvalue weighted by molar-refractivity contribution is -0.135. The predicted octanol–water partition coefficient (Wildman–Crippen LogP) is 1.08. The Bertz CT molecular complexity index is 68.6. The molecule has 2 N–H and O–H groups in total. The summed E-state index contributed by atoms with van der Waals surface area (Å²) < 4.78 is 10.0. The van der Waals surface area contributed by atoms with Crippen LogP contribution in [0, 0.1) is 0 Å². The quantitative estimate of drug-likeness (QED) is 0.451. The highest BCUT2D eigenvalue weighted by Gasteiger charge is 1.97. The van der Waals surface area contributed by atoms with Crippen LogP contribution in [0.2, 0.25) is 0 Å². The van der Waals surface area contributed by atoms with Gasteiger partial charge in [-0.2, -0.15) is 0 Å². The highest BCUT2D eigenvalue weighted by atomic mass is 16.7. The zero-order valence-electron chi connectivity index (χ0n) is 6.80. The lowest BCUT2D eigenvalue weighted by Gasteiger charge is -2.11. The molecule has 10 heavy (non-hydrogen) atoms. The Labute approximate surface area is 62.5 Å². The second kappa shape index (κ2) is 6.99. The van der Waals surface area contributed by atoms with Crippen molar-refractivity contribution in [2.24, 2.45) is 5.73 Å². The number of rotatable bonds is 6. The van der Waals surface area contributed by atoms with Crippen LogP contribution in [-0.4, -0.2) is 19.6 Å². The van der Waals surface area contributed by atoms with Crippen molar-refractivity contribution in [3.8, 4) is 0 Å². The average Bonchev–Trinajstić information content (AvgIpc) is 1.89. The van der Waals surface area contributed by atoms with E-state index in [1.54, 1.807) is 0 Å². The first-order valence-electron chi connectivity index (χ1n) is 3.80. The van der Waals surface area contributed by atoms with Crippen molar-refractivity contribution < 1.29 is 9.47 Å². The molecule has 0 rings (SSSR count). The summed E-state index contributed by atoms with van der Waals surface area (Å²) in [4.78, 5) is 0. The lowest BCUT2D eigenvalue weighted by Crippen LogP contribution is -2.27. The van der Waals surface area contributed by atoms with E-state index >= 15 is 0 Å². The summed E-state index contributed by atoms with van der Waals surface area (Å²) in [6.07, 6.45) is 1.64. The molecule has 0 aliphatic carbocycles. The van der Waals surface area contributed by atoms with E-state index in [-0.39, 0.29) is 0 Å². The Balaban J connectivity index is 2.97. The summed E-state index contributed by atoms with van der Waals surface area (Å²) in [5, 5.41) is 0. The highest BCUT2D eigenvalue weighted by Crippen LogP contribution is 1.91. The van der Waals surface area contributed by atoms with Crippen molar-refractivity contribution in [1.82, 2.24) is 0 Å². The first-order chi connectivity index (χ1) is 4.81. The molecule has 0 radical (unpaired) electrons. The molecule has 0 saturated heterocycles. The van der Waals surface area contributed by atoms with E-state index in [1.165, 1.54) is 0 Å². The molecule has 1 atom stereocenters. The second-order valence-corrected chi connectivity index (χ2v) is 2.05. The topological polar surface area (TPSA) is 44.5 Å². The molecule has 0 aliphatic rings. The zero-order valence-corrected chi connectivity index (χ0v) is 6.80. The maximum absolute atomic E-state index is 5.38. The maximum atomic E-state index is 5.38. The molecule has 0 heterocycles. The van der Waals surface area contributed by atoms with E-state index in [0.29, 0.717) is 13.2 Å². The minimum Gasteiger partial charge on any atom is -0.340 e. The normalized spacial score (nSPS) is 13.5. The second-order valence-electron chi connectivity index (χ2n) is 2.05. The van der Waals surface area contributed by atoms with Crippen LogP contribution in [0.4, 0.5) is 0 Å². The molecule has 0 aromatic heterocycles. The third kappa shape index (κ3) is 6.01.